The van der Waals surface area contributed by atoms with Gasteiger partial charge in [-0.05, 0) is 25.2 Å². The first-order chi connectivity index (χ1) is 4.01. The Balaban J connectivity index is 2.70. The van der Waals surface area contributed by atoms with Crippen molar-refractivity contribution in [2.75, 3.05) is 0 Å². The lowest BCUT2D eigenvalue weighted by Gasteiger charge is -2.15. The van der Waals surface area contributed by atoms with Crippen LogP contribution in [0.2, 0.25) is 0 Å². The average Bonchev–Trinajstić information content (AvgIpc) is 1.79. The molecule has 0 atom stereocenters. The van der Waals surface area contributed by atoms with Gasteiger partial charge in [0.1, 0.15) is 0 Å². The first-order valence-electron chi connectivity index (χ1n) is 3.35. The van der Waals surface area contributed by atoms with Crippen LogP contribution in [-0.2, 0) is 0 Å². The minimum Gasteiger partial charge on any atom is -0.0892 e. The van der Waals surface area contributed by atoms with Crippen molar-refractivity contribution in [2.24, 2.45) is 5.41 Å². The second kappa shape index (κ2) is 2.02. The summed E-state index contributed by atoms with van der Waals surface area (Å²) in [6, 6.07) is 0. The van der Waals surface area contributed by atoms with Crippen molar-refractivity contribution in [1.29, 1.82) is 0 Å². The van der Waals surface area contributed by atoms with E-state index in [9.17, 15) is 0 Å². The van der Waals surface area contributed by atoms with Crippen LogP contribution in [0.25, 0.3) is 0 Å². The Morgan fingerprint density at radius 3 is 2.00 bits per heavy atom. The summed E-state index contributed by atoms with van der Waals surface area (Å²) in [7, 11) is 0. The zero-order chi connectivity index (χ0) is 7.07. The van der Waals surface area contributed by atoms with E-state index < -0.39 is 0 Å². The Bertz CT molecular complexity index is 138. The van der Waals surface area contributed by atoms with Gasteiger partial charge in [0, 0.05) is 5.03 Å². The van der Waals surface area contributed by atoms with E-state index >= 15 is 0 Å². The molecule has 0 nitrogen and oxygen atoms in total. The van der Waals surface area contributed by atoms with Crippen LogP contribution < -0.4 is 0 Å². The Morgan fingerprint density at radius 1 is 1.33 bits per heavy atom. The van der Waals surface area contributed by atoms with Gasteiger partial charge in [-0.1, -0.05) is 31.0 Å². The molecule has 0 aromatic rings. The molecule has 0 aliphatic heterocycles. The maximum Gasteiger partial charge on any atom is 0.0175 e. The van der Waals surface area contributed by atoms with Crippen molar-refractivity contribution in [1.82, 2.24) is 0 Å². The maximum atomic E-state index is 5.93. The molecule has 0 N–H and O–H groups in total. The van der Waals surface area contributed by atoms with E-state index in [1.54, 1.807) is 0 Å². The third-order valence-corrected chi connectivity index (χ3v) is 2.30. The topological polar surface area (TPSA) is 0 Å². The molecule has 0 aromatic heterocycles. The van der Waals surface area contributed by atoms with Crippen LogP contribution in [0.3, 0.4) is 0 Å². The molecule has 0 heterocycles. The van der Waals surface area contributed by atoms with Gasteiger partial charge in [0.25, 0.3) is 0 Å². The molecule has 1 aliphatic carbocycles. The van der Waals surface area contributed by atoms with Crippen LogP contribution in [0.15, 0.2) is 10.6 Å². The van der Waals surface area contributed by atoms with E-state index in [1.165, 1.54) is 12.0 Å². The fourth-order valence-electron chi connectivity index (χ4n) is 1.45. The Hall–Kier alpha value is 0.0300. The fraction of sp³-hybridized carbons (Fsp3) is 0.750. The third-order valence-electron chi connectivity index (χ3n) is 1.84. The van der Waals surface area contributed by atoms with E-state index in [0.29, 0.717) is 5.41 Å². The molecule has 0 aromatic carbocycles. The van der Waals surface area contributed by atoms with Crippen molar-refractivity contribution in [2.45, 2.75) is 33.6 Å². The number of allylic oxidation sites excluding steroid dienone is 2. The highest BCUT2D eigenvalue weighted by Gasteiger charge is 2.26. The molecule has 1 heteroatoms. The van der Waals surface area contributed by atoms with Crippen molar-refractivity contribution in [3.05, 3.63) is 10.6 Å². The number of halogens is 1. The molecular weight excluding hydrogens is 132 g/mol. The second-order valence-electron chi connectivity index (χ2n) is 3.70. The summed E-state index contributed by atoms with van der Waals surface area (Å²) in [5.74, 6) is 0. The highest BCUT2D eigenvalue weighted by atomic mass is 35.5. The summed E-state index contributed by atoms with van der Waals surface area (Å²) in [6.07, 6.45) is 2.24. The summed E-state index contributed by atoms with van der Waals surface area (Å²) >= 11 is 5.93. The molecule has 0 saturated carbocycles. The van der Waals surface area contributed by atoms with Crippen molar-refractivity contribution in [3.63, 3.8) is 0 Å². The van der Waals surface area contributed by atoms with Crippen molar-refractivity contribution >= 4 is 11.6 Å². The largest absolute Gasteiger partial charge is 0.0892 e. The summed E-state index contributed by atoms with van der Waals surface area (Å²) in [5, 5.41) is 1.08. The molecule has 0 bridgehead atoms. The van der Waals surface area contributed by atoms with Crippen LogP contribution in [0.5, 0.6) is 0 Å². The highest BCUT2D eigenvalue weighted by molar-refractivity contribution is 6.30. The minimum absolute atomic E-state index is 0.432. The second-order valence-corrected chi connectivity index (χ2v) is 4.16. The maximum absolute atomic E-state index is 5.93. The molecule has 0 spiro atoms. The minimum atomic E-state index is 0.432. The van der Waals surface area contributed by atoms with E-state index in [2.05, 4.69) is 20.8 Å². The lowest BCUT2D eigenvalue weighted by molar-refractivity contribution is 0.392. The first-order valence-corrected chi connectivity index (χ1v) is 3.73. The van der Waals surface area contributed by atoms with Gasteiger partial charge in [-0.3, -0.25) is 0 Å². The first kappa shape index (κ1) is 7.14. The Labute approximate surface area is 61.9 Å². The van der Waals surface area contributed by atoms with Gasteiger partial charge in [0.2, 0.25) is 0 Å². The van der Waals surface area contributed by atoms with E-state index in [0.717, 1.165) is 11.5 Å². The van der Waals surface area contributed by atoms with Gasteiger partial charge in [0.15, 0.2) is 0 Å². The SMILES string of the molecule is CC1=C(Cl)CC(C)(C)C1. The van der Waals surface area contributed by atoms with Crippen molar-refractivity contribution < 1.29 is 0 Å². The highest BCUT2D eigenvalue weighted by Crippen LogP contribution is 2.42. The zero-order valence-corrected chi connectivity index (χ0v) is 7.05. The molecule has 1 rings (SSSR count). The normalized spacial score (nSPS) is 25.3. The van der Waals surface area contributed by atoms with E-state index in [1.807, 2.05) is 0 Å². The predicted molar refractivity (Wildman–Crippen MR) is 41.6 cm³/mol. The van der Waals surface area contributed by atoms with Gasteiger partial charge < -0.3 is 0 Å². The molecule has 52 valence electrons. The van der Waals surface area contributed by atoms with Gasteiger partial charge >= 0.3 is 0 Å². The number of hydrogen-bond donors (Lipinski definition) is 0. The average molecular weight is 145 g/mol. The molecule has 1 aliphatic rings. The molecule has 9 heavy (non-hydrogen) atoms. The fourth-order valence-corrected chi connectivity index (χ4v) is 1.88. The zero-order valence-electron chi connectivity index (χ0n) is 6.29. The predicted octanol–water partition coefficient (Wildman–Crippen LogP) is 3.32. The summed E-state index contributed by atoms with van der Waals surface area (Å²) in [5.41, 5.74) is 1.81. The Morgan fingerprint density at radius 2 is 1.89 bits per heavy atom. The molecular formula is C8H13Cl. The molecule has 0 fully saturated rings. The van der Waals surface area contributed by atoms with Gasteiger partial charge in [-0.25, -0.2) is 0 Å². The van der Waals surface area contributed by atoms with Crippen LogP contribution in [0, 0.1) is 5.41 Å². The summed E-state index contributed by atoms with van der Waals surface area (Å²) in [6.45, 7) is 6.63. The Kier molecular flexibility index (Phi) is 1.60. The standard InChI is InChI=1S/C8H13Cl/c1-6-4-8(2,3)5-7(6)9/h4-5H2,1-3H3. The monoisotopic (exact) mass is 144 g/mol. The van der Waals surface area contributed by atoms with Crippen LogP contribution in [0.1, 0.15) is 33.6 Å². The molecule has 0 unspecified atom stereocenters. The molecule has 0 saturated heterocycles. The van der Waals surface area contributed by atoms with Crippen LogP contribution >= 0.6 is 11.6 Å². The van der Waals surface area contributed by atoms with Crippen LogP contribution in [0.4, 0.5) is 0 Å². The van der Waals surface area contributed by atoms with E-state index in [-0.39, 0.29) is 0 Å². The molecule has 0 radical (unpaired) electrons. The van der Waals surface area contributed by atoms with Gasteiger partial charge in [-0.15, -0.1) is 0 Å². The quantitative estimate of drug-likeness (QED) is 0.489. The van der Waals surface area contributed by atoms with Gasteiger partial charge in [0.05, 0.1) is 0 Å². The summed E-state index contributed by atoms with van der Waals surface area (Å²) < 4.78 is 0. The lowest BCUT2D eigenvalue weighted by atomic mass is 9.90. The third kappa shape index (κ3) is 1.48. The summed E-state index contributed by atoms with van der Waals surface area (Å²) in [4.78, 5) is 0. The number of hydrogen-bond acceptors (Lipinski definition) is 0. The van der Waals surface area contributed by atoms with Crippen LogP contribution in [-0.4, -0.2) is 0 Å². The van der Waals surface area contributed by atoms with Gasteiger partial charge in [-0.2, -0.15) is 0 Å². The van der Waals surface area contributed by atoms with E-state index in [4.69, 9.17) is 11.6 Å². The van der Waals surface area contributed by atoms with Crippen molar-refractivity contribution in [3.8, 4) is 0 Å². The smallest absolute Gasteiger partial charge is 0.0175 e. The molecule has 0 amide bonds. The lowest BCUT2D eigenvalue weighted by Crippen LogP contribution is -2.04. The number of rotatable bonds is 0.